The minimum absolute atomic E-state index is 0.277. The van der Waals surface area contributed by atoms with Gasteiger partial charge in [-0.2, -0.15) is 0 Å². The Labute approximate surface area is 56.5 Å². The molecule has 2 atom stereocenters. The molecule has 0 heterocycles. The van der Waals surface area contributed by atoms with E-state index in [1.165, 1.54) is 6.92 Å². The summed E-state index contributed by atoms with van der Waals surface area (Å²) in [6.07, 6.45) is -1.62. The second kappa shape index (κ2) is 2.67. The molecule has 0 aromatic rings. The minimum atomic E-state index is -0.884. The van der Waals surface area contributed by atoms with Gasteiger partial charge in [-0.05, 0) is 12.3 Å². The Bertz CT molecular complexity index is 81.4. The van der Waals surface area contributed by atoms with Crippen LogP contribution in [0.2, 0.25) is 0 Å². The zero-order valence-electron chi connectivity index (χ0n) is 6.51. The van der Waals surface area contributed by atoms with Crippen LogP contribution >= 0.6 is 0 Å². The maximum absolute atomic E-state index is 10.6. The molecule has 0 aliphatic rings. The van der Waals surface area contributed by atoms with E-state index in [-0.39, 0.29) is 5.41 Å². The Hall–Kier alpha value is -0.0800. The van der Waals surface area contributed by atoms with Gasteiger partial charge in [-0.15, -0.1) is 0 Å². The molecule has 0 amide bonds. The Morgan fingerprint density at radius 2 is 1.67 bits per heavy atom. The summed E-state index contributed by atoms with van der Waals surface area (Å²) in [6.45, 7) is 7.04. The SMILES string of the molecule is CC([O])C(O)C(C)(C)C. The quantitative estimate of drug-likeness (QED) is 0.571. The molecular formula is C7H15O2. The Balaban J connectivity index is 3.88. The fourth-order valence-corrected chi connectivity index (χ4v) is 0.704. The van der Waals surface area contributed by atoms with Crippen molar-refractivity contribution in [3.05, 3.63) is 0 Å². The van der Waals surface area contributed by atoms with Crippen molar-refractivity contribution in [1.29, 1.82) is 0 Å². The average Bonchev–Trinajstić information content (AvgIpc) is 1.62. The molecule has 1 radical (unpaired) electrons. The lowest BCUT2D eigenvalue weighted by molar-refractivity contribution is -0.0660. The molecule has 0 bridgehead atoms. The van der Waals surface area contributed by atoms with E-state index in [1.807, 2.05) is 20.8 Å². The van der Waals surface area contributed by atoms with Crippen molar-refractivity contribution in [1.82, 2.24) is 0 Å². The van der Waals surface area contributed by atoms with Gasteiger partial charge in [0.25, 0.3) is 0 Å². The van der Waals surface area contributed by atoms with Crippen LogP contribution in [0.1, 0.15) is 27.7 Å². The van der Waals surface area contributed by atoms with E-state index in [2.05, 4.69) is 0 Å². The number of aliphatic hydroxyl groups excluding tert-OH is 1. The molecule has 0 saturated carbocycles. The van der Waals surface area contributed by atoms with Crippen LogP contribution in [0.3, 0.4) is 0 Å². The molecular weight excluding hydrogens is 116 g/mol. The van der Waals surface area contributed by atoms with Gasteiger partial charge < -0.3 is 5.11 Å². The summed E-state index contributed by atoms with van der Waals surface area (Å²) in [5.74, 6) is 0. The predicted molar refractivity (Wildman–Crippen MR) is 35.6 cm³/mol. The van der Waals surface area contributed by atoms with E-state index in [0.29, 0.717) is 0 Å². The molecule has 9 heavy (non-hydrogen) atoms. The number of hydrogen-bond acceptors (Lipinski definition) is 1. The maximum atomic E-state index is 10.6. The van der Waals surface area contributed by atoms with Crippen LogP contribution in [0.4, 0.5) is 0 Å². The third-order valence-corrected chi connectivity index (χ3v) is 1.33. The van der Waals surface area contributed by atoms with Crippen molar-refractivity contribution < 1.29 is 10.2 Å². The van der Waals surface area contributed by atoms with Gasteiger partial charge in [-0.3, -0.25) is 0 Å². The summed E-state index contributed by atoms with van der Waals surface area (Å²) in [7, 11) is 0. The highest BCUT2D eigenvalue weighted by Crippen LogP contribution is 2.21. The molecule has 0 aromatic heterocycles. The monoisotopic (exact) mass is 131 g/mol. The van der Waals surface area contributed by atoms with Crippen molar-refractivity contribution in [2.24, 2.45) is 5.41 Å². The van der Waals surface area contributed by atoms with Crippen molar-refractivity contribution >= 4 is 0 Å². The molecule has 55 valence electrons. The second-order valence-electron chi connectivity index (χ2n) is 3.52. The smallest absolute Gasteiger partial charge is 0.116 e. The molecule has 2 nitrogen and oxygen atoms in total. The van der Waals surface area contributed by atoms with E-state index >= 15 is 0 Å². The van der Waals surface area contributed by atoms with E-state index in [9.17, 15) is 5.11 Å². The minimum Gasteiger partial charge on any atom is -0.390 e. The fraction of sp³-hybridized carbons (Fsp3) is 1.00. The highest BCUT2D eigenvalue weighted by atomic mass is 16.3. The van der Waals surface area contributed by atoms with E-state index in [1.54, 1.807) is 0 Å². The highest BCUT2D eigenvalue weighted by Gasteiger charge is 2.26. The van der Waals surface area contributed by atoms with E-state index in [0.717, 1.165) is 0 Å². The van der Waals surface area contributed by atoms with Gasteiger partial charge in [-0.1, -0.05) is 20.8 Å². The van der Waals surface area contributed by atoms with Crippen LogP contribution in [-0.2, 0) is 5.11 Å². The van der Waals surface area contributed by atoms with E-state index < -0.39 is 12.2 Å². The lowest BCUT2D eigenvalue weighted by Gasteiger charge is -2.26. The molecule has 0 aromatic carbocycles. The highest BCUT2D eigenvalue weighted by molar-refractivity contribution is 4.76. The second-order valence-corrected chi connectivity index (χ2v) is 3.52. The zero-order chi connectivity index (χ0) is 7.65. The average molecular weight is 131 g/mol. The number of rotatable bonds is 1. The van der Waals surface area contributed by atoms with Gasteiger partial charge in [0.1, 0.15) is 6.10 Å². The van der Waals surface area contributed by atoms with Gasteiger partial charge in [0.15, 0.2) is 0 Å². The fourth-order valence-electron chi connectivity index (χ4n) is 0.704. The van der Waals surface area contributed by atoms with Crippen LogP contribution in [0.25, 0.3) is 0 Å². The normalized spacial score (nSPS) is 19.3. The molecule has 2 heteroatoms. The maximum Gasteiger partial charge on any atom is 0.116 e. The standard InChI is InChI=1S/C7H15O2/c1-5(8)6(9)7(2,3)4/h5-6,9H,1-4H3. The van der Waals surface area contributed by atoms with Crippen LogP contribution in [0.5, 0.6) is 0 Å². The molecule has 0 fully saturated rings. The predicted octanol–water partition coefficient (Wildman–Crippen LogP) is 1.21. The summed E-state index contributed by atoms with van der Waals surface area (Å²) < 4.78 is 0. The van der Waals surface area contributed by atoms with Gasteiger partial charge in [0, 0.05) is 0 Å². The lowest BCUT2D eigenvalue weighted by Crippen LogP contribution is -2.34. The molecule has 0 aliphatic carbocycles. The van der Waals surface area contributed by atoms with Gasteiger partial charge in [-0.25, -0.2) is 5.11 Å². The van der Waals surface area contributed by atoms with Crippen LogP contribution < -0.4 is 0 Å². The molecule has 2 unspecified atom stereocenters. The van der Waals surface area contributed by atoms with Crippen LogP contribution in [-0.4, -0.2) is 17.3 Å². The molecule has 1 N–H and O–H groups in total. The lowest BCUT2D eigenvalue weighted by atomic mass is 9.86. The summed E-state index contributed by atoms with van der Waals surface area (Å²) in [5.41, 5.74) is -0.277. The molecule has 0 rings (SSSR count). The van der Waals surface area contributed by atoms with Gasteiger partial charge in [0.2, 0.25) is 0 Å². The van der Waals surface area contributed by atoms with Crippen molar-refractivity contribution in [3.63, 3.8) is 0 Å². The largest absolute Gasteiger partial charge is 0.390 e. The van der Waals surface area contributed by atoms with Gasteiger partial charge in [0.05, 0.1) is 6.10 Å². The first-order valence-corrected chi connectivity index (χ1v) is 3.19. The third-order valence-electron chi connectivity index (χ3n) is 1.33. The number of hydrogen-bond donors (Lipinski definition) is 1. The number of aliphatic hydroxyl groups is 1. The van der Waals surface area contributed by atoms with Crippen molar-refractivity contribution in [2.45, 2.75) is 39.9 Å². The van der Waals surface area contributed by atoms with Crippen LogP contribution in [0.15, 0.2) is 0 Å². The molecule has 0 spiro atoms. The molecule has 0 aliphatic heterocycles. The van der Waals surface area contributed by atoms with Gasteiger partial charge >= 0.3 is 0 Å². The Morgan fingerprint density at radius 3 is 1.67 bits per heavy atom. The Morgan fingerprint density at radius 1 is 1.33 bits per heavy atom. The first kappa shape index (κ1) is 8.92. The Kier molecular flexibility index (Phi) is 2.65. The summed E-state index contributed by atoms with van der Waals surface area (Å²) in [4.78, 5) is 0. The zero-order valence-corrected chi connectivity index (χ0v) is 6.51. The summed E-state index contributed by atoms with van der Waals surface area (Å²) >= 11 is 0. The van der Waals surface area contributed by atoms with Crippen molar-refractivity contribution in [2.75, 3.05) is 0 Å². The molecule has 0 saturated heterocycles. The van der Waals surface area contributed by atoms with Crippen molar-refractivity contribution in [3.8, 4) is 0 Å². The third kappa shape index (κ3) is 2.82. The topological polar surface area (TPSA) is 40.1 Å². The van der Waals surface area contributed by atoms with E-state index in [4.69, 9.17) is 5.11 Å². The van der Waals surface area contributed by atoms with Crippen LogP contribution in [0, 0.1) is 5.41 Å². The first-order chi connectivity index (χ1) is 3.85. The summed E-state index contributed by atoms with van der Waals surface area (Å²) in [5, 5.41) is 19.8. The first-order valence-electron chi connectivity index (χ1n) is 3.19. The summed E-state index contributed by atoms with van der Waals surface area (Å²) in [6, 6.07) is 0.